The number of thioether (sulfide) groups is 1. The summed E-state index contributed by atoms with van der Waals surface area (Å²) < 4.78 is 13.6. The fourth-order valence-electron chi connectivity index (χ4n) is 2.88. The second-order valence-corrected chi connectivity index (χ2v) is 6.46. The van der Waals surface area contributed by atoms with Gasteiger partial charge in [0.15, 0.2) is 0 Å². The summed E-state index contributed by atoms with van der Waals surface area (Å²) in [5.41, 5.74) is 2.11. The number of nitrogens with zero attached hydrogens (tertiary/aromatic N) is 2. The lowest BCUT2D eigenvalue weighted by molar-refractivity contribution is 0.210. The highest BCUT2D eigenvalue weighted by Crippen LogP contribution is 2.38. The van der Waals surface area contributed by atoms with Crippen molar-refractivity contribution < 1.29 is 4.39 Å². The van der Waals surface area contributed by atoms with E-state index < -0.39 is 5.82 Å². The summed E-state index contributed by atoms with van der Waals surface area (Å²) in [7, 11) is 0. The van der Waals surface area contributed by atoms with Gasteiger partial charge in [0, 0.05) is 23.6 Å². The van der Waals surface area contributed by atoms with Crippen LogP contribution in [0.4, 0.5) is 4.39 Å². The summed E-state index contributed by atoms with van der Waals surface area (Å²) in [5, 5.41) is 9.43. The first-order chi connectivity index (χ1) is 9.62. The summed E-state index contributed by atoms with van der Waals surface area (Å²) in [6.07, 6.45) is 1.17. The van der Waals surface area contributed by atoms with Gasteiger partial charge in [-0.2, -0.15) is 17.0 Å². The molecule has 1 aromatic rings. The molecule has 0 aromatic heterocycles. The largest absolute Gasteiger partial charge is 0.298 e. The molecule has 1 aliphatic rings. The van der Waals surface area contributed by atoms with Crippen LogP contribution in [0.1, 0.15) is 42.2 Å². The van der Waals surface area contributed by atoms with Gasteiger partial charge in [-0.1, -0.05) is 19.9 Å². The van der Waals surface area contributed by atoms with E-state index in [2.05, 4.69) is 18.7 Å². The van der Waals surface area contributed by atoms with Crippen molar-refractivity contribution in [3.8, 4) is 6.07 Å². The molecule has 2 rings (SSSR count). The molecule has 2 atom stereocenters. The van der Waals surface area contributed by atoms with E-state index >= 15 is 0 Å². The zero-order valence-corrected chi connectivity index (χ0v) is 13.1. The summed E-state index contributed by atoms with van der Waals surface area (Å²) in [4.78, 5) is 2.50. The Bertz CT molecular complexity index is 524. The fourth-order valence-corrected chi connectivity index (χ4v) is 4.51. The molecule has 1 saturated heterocycles. The van der Waals surface area contributed by atoms with Gasteiger partial charge in [0.2, 0.25) is 0 Å². The third-order valence-corrected chi connectivity index (χ3v) is 5.58. The van der Waals surface area contributed by atoms with Gasteiger partial charge in [0.1, 0.15) is 11.9 Å². The minimum atomic E-state index is -0.409. The molecule has 4 heteroatoms. The number of nitriles is 1. The van der Waals surface area contributed by atoms with E-state index in [1.54, 1.807) is 0 Å². The fraction of sp³-hybridized carbons (Fsp3) is 0.562. The lowest BCUT2D eigenvalue weighted by Gasteiger charge is -2.39. The molecule has 1 aromatic carbocycles. The first-order valence-electron chi connectivity index (χ1n) is 7.17. The number of hydrogen-bond donors (Lipinski definition) is 0. The minimum Gasteiger partial charge on any atom is -0.298 e. The maximum absolute atomic E-state index is 13.6. The predicted octanol–water partition coefficient (Wildman–Crippen LogP) is 3.89. The van der Waals surface area contributed by atoms with Crippen LogP contribution in [0.2, 0.25) is 0 Å². The number of benzene rings is 1. The molecule has 1 heterocycles. The molecule has 0 bridgehead atoms. The third kappa shape index (κ3) is 2.84. The summed E-state index contributed by atoms with van der Waals surface area (Å²) >= 11 is 1.93. The van der Waals surface area contributed by atoms with Crippen LogP contribution in [0.25, 0.3) is 0 Å². The second-order valence-electron chi connectivity index (χ2n) is 5.22. The molecule has 0 amide bonds. The van der Waals surface area contributed by atoms with Crippen LogP contribution in [0.5, 0.6) is 0 Å². The van der Waals surface area contributed by atoms with Crippen molar-refractivity contribution in [1.82, 2.24) is 4.90 Å². The van der Waals surface area contributed by atoms with Crippen LogP contribution in [-0.4, -0.2) is 29.8 Å². The van der Waals surface area contributed by atoms with Crippen molar-refractivity contribution in [3.63, 3.8) is 0 Å². The van der Waals surface area contributed by atoms with Crippen molar-refractivity contribution in [2.24, 2.45) is 0 Å². The van der Waals surface area contributed by atoms with E-state index in [0.717, 1.165) is 30.0 Å². The Kier molecular flexibility index (Phi) is 5.06. The summed E-state index contributed by atoms with van der Waals surface area (Å²) in [6.45, 7) is 8.30. The lowest BCUT2D eigenvalue weighted by atomic mass is 9.99. The van der Waals surface area contributed by atoms with Crippen molar-refractivity contribution in [2.45, 2.75) is 38.5 Å². The molecular weight excluding hydrogens is 271 g/mol. The number of halogens is 1. The van der Waals surface area contributed by atoms with Gasteiger partial charge in [-0.15, -0.1) is 0 Å². The second kappa shape index (κ2) is 6.60. The molecule has 20 heavy (non-hydrogen) atoms. The monoisotopic (exact) mass is 292 g/mol. The number of likely N-dealkylation sites (N-methyl/N-ethyl adjacent to an activating group) is 1. The van der Waals surface area contributed by atoms with Crippen molar-refractivity contribution >= 4 is 11.8 Å². The molecule has 0 aliphatic carbocycles. The first kappa shape index (κ1) is 15.3. The Balaban J connectivity index is 2.27. The van der Waals surface area contributed by atoms with Crippen LogP contribution in [0.3, 0.4) is 0 Å². The van der Waals surface area contributed by atoms with E-state index in [0.29, 0.717) is 11.3 Å². The third-order valence-electron chi connectivity index (χ3n) is 4.20. The molecule has 0 saturated carbocycles. The lowest BCUT2D eigenvalue weighted by Crippen LogP contribution is -2.42. The van der Waals surface area contributed by atoms with Crippen molar-refractivity contribution in [1.29, 1.82) is 5.26 Å². The van der Waals surface area contributed by atoms with Crippen LogP contribution >= 0.6 is 11.8 Å². The topological polar surface area (TPSA) is 27.0 Å². The average molecular weight is 292 g/mol. The number of rotatable bonds is 3. The Morgan fingerprint density at radius 3 is 2.80 bits per heavy atom. The quantitative estimate of drug-likeness (QED) is 0.845. The Morgan fingerprint density at radius 2 is 2.20 bits per heavy atom. The molecular formula is C16H21FN2S. The van der Waals surface area contributed by atoms with Crippen LogP contribution in [-0.2, 0) is 0 Å². The highest BCUT2D eigenvalue weighted by Gasteiger charge is 2.29. The average Bonchev–Trinajstić information content (AvgIpc) is 2.47. The highest BCUT2D eigenvalue weighted by atomic mass is 32.2. The van der Waals surface area contributed by atoms with Gasteiger partial charge < -0.3 is 0 Å². The van der Waals surface area contributed by atoms with E-state index in [4.69, 9.17) is 5.26 Å². The van der Waals surface area contributed by atoms with Gasteiger partial charge >= 0.3 is 0 Å². The van der Waals surface area contributed by atoms with E-state index in [-0.39, 0.29) is 5.56 Å². The Morgan fingerprint density at radius 1 is 1.45 bits per heavy atom. The predicted molar refractivity (Wildman–Crippen MR) is 82.4 cm³/mol. The molecule has 1 fully saturated rings. The van der Waals surface area contributed by atoms with E-state index in [1.807, 2.05) is 30.8 Å². The number of hydrogen-bond acceptors (Lipinski definition) is 3. The summed E-state index contributed by atoms with van der Waals surface area (Å²) in [5.74, 6) is 0.696. The maximum atomic E-state index is 13.6. The molecule has 0 N–H and O–H groups in total. The Hall–Kier alpha value is -1.05. The summed E-state index contributed by atoms with van der Waals surface area (Å²) in [6, 6.07) is 5.91. The van der Waals surface area contributed by atoms with Crippen LogP contribution in [0, 0.1) is 24.1 Å². The molecule has 108 valence electrons. The highest BCUT2D eigenvalue weighted by molar-refractivity contribution is 7.99. The van der Waals surface area contributed by atoms with E-state index in [1.165, 1.54) is 12.5 Å². The molecule has 2 unspecified atom stereocenters. The van der Waals surface area contributed by atoms with Gasteiger partial charge in [-0.05, 0) is 37.1 Å². The normalized spacial score (nSPS) is 23.6. The Labute approximate surface area is 125 Å². The van der Waals surface area contributed by atoms with Gasteiger partial charge in [-0.3, -0.25) is 4.90 Å². The molecule has 0 spiro atoms. The molecule has 0 radical (unpaired) electrons. The first-order valence-corrected chi connectivity index (χ1v) is 8.21. The zero-order chi connectivity index (χ0) is 14.7. The smallest absolute Gasteiger partial charge is 0.141 e. The van der Waals surface area contributed by atoms with Gasteiger partial charge in [0.05, 0.1) is 5.56 Å². The molecule has 1 aliphatic heterocycles. The van der Waals surface area contributed by atoms with Gasteiger partial charge in [-0.25, -0.2) is 4.39 Å². The standard InChI is InChI=1S/C16H21FN2S/c1-4-12-10-20-16(9-19(12)5-2)13-6-7-15(17)14(8-18)11(13)3/h6-7,12,16H,4-5,9-10H2,1-3H3. The van der Waals surface area contributed by atoms with Crippen LogP contribution in [0.15, 0.2) is 12.1 Å². The molecule has 2 nitrogen and oxygen atoms in total. The SMILES string of the molecule is CCC1CSC(c2ccc(F)c(C#N)c2C)CN1CC. The minimum absolute atomic E-state index is 0.198. The van der Waals surface area contributed by atoms with Crippen molar-refractivity contribution in [2.75, 3.05) is 18.8 Å². The van der Waals surface area contributed by atoms with Crippen molar-refractivity contribution in [3.05, 3.63) is 34.6 Å². The van der Waals surface area contributed by atoms with Gasteiger partial charge in [0.25, 0.3) is 0 Å². The maximum Gasteiger partial charge on any atom is 0.141 e. The van der Waals surface area contributed by atoms with Crippen LogP contribution < -0.4 is 0 Å². The van der Waals surface area contributed by atoms with E-state index in [9.17, 15) is 4.39 Å². The zero-order valence-electron chi connectivity index (χ0n) is 12.3.